The van der Waals surface area contributed by atoms with Crippen LogP contribution in [0.3, 0.4) is 0 Å². The zero-order chi connectivity index (χ0) is 18.2. The van der Waals surface area contributed by atoms with E-state index < -0.39 is 10.0 Å². The molecule has 0 unspecified atom stereocenters. The molecule has 1 amide bonds. The molecule has 0 fully saturated rings. The average Bonchev–Trinajstić information content (AvgIpc) is 2.99. The first kappa shape index (κ1) is 17.3. The van der Waals surface area contributed by atoms with E-state index in [9.17, 15) is 13.2 Å². The van der Waals surface area contributed by atoms with Crippen molar-refractivity contribution in [2.24, 2.45) is 0 Å². The van der Waals surface area contributed by atoms with Gasteiger partial charge in [-0.2, -0.15) is 0 Å². The molecule has 0 saturated heterocycles. The second-order valence-electron chi connectivity index (χ2n) is 5.53. The Morgan fingerprint density at radius 2 is 1.92 bits per heavy atom. The molecule has 0 radical (unpaired) electrons. The van der Waals surface area contributed by atoms with Gasteiger partial charge in [-0.15, -0.1) is 0 Å². The van der Waals surface area contributed by atoms with E-state index in [0.29, 0.717) is 22.0 Å². The molecule has 0 bridgehead atoms. The minimum atomic E-state index is -3.77. The third-order valence-electron chi connectivity index (χ3n) is 3.85. The number of fused-ring (bicyclic) bond motifs is 1. The van der Waals surface area contributed by atoms with Crippen LogP contribution in [0.4, 0.5) is 5.69 Å². The summed E-state index contributed by atoms with van der Waals surface area (Å²) in [7, 11) is -2.23. The monoisotopic (exact) mass is 377 g/mol. The van der Waals surface area contributed by atoms with Gasteiger partial charge < -0.3 is 10.3 Å². The third kappa shape index (κ3) is 3.33. The summed E-state index contributed by atoms with van der Waals surface area (Å²) in [5, 5.41) is 3.65. The van der Waals surface area contributed by atoms with Crippen LogP contribution < -0.4 is 10.0 Å². The number of rotatable bonds is 4. The van der Waals surface area contributed by atoms with Gasteiger partial charge in [0.05, 0.1) is 4.90 Å². The maximum atomic E-state index is 12.6. The maximum Gasteiger partial charge on any atom is 0.267 e. The van der Waals surface area contributed by atoms with Crippen molar-refractivity contribution in [3.05, 3.63) is 58.7 Å². The fourth-order valence-corrected chi connectivity index (χ4v) is 4.09. The topological polar surface area (TPSA) is 91.1 Å². The Hall–Kier alpha value is -2.51. The van der Waals surface area contributed by atoms with Gasteiger partial charge in [-0.25, -0.2) is 8.42 Å². The lowest BCUT2D eigenvalue weighted by Crippen LogP contribution is -2.17. The van der Waals surface area contributed by atoms with Crippen molar-refractivity contribution in [2.45, 2.75) is 11.8 Å². The fraction of sp³-hybridized carbons (Fsp3) is 0.118. The van der Waals surface area contributed by atoms with Crippen LogP contribution in [0.25, 0.3) is 10.9 Å². The van der Waals surface area contributed by atoms with Gasteiger partial charge in [-0.05, 0) is 48.9 Å². The van der Waals surface area contributed by atoms with Gasteiger partial charge in [-0.1, -0.05) is 17.7 Å². The van der Waals surface area contributed by atoms with Gasteiger partial charge in [0.15, 0.2) is 0 Å². The largest absolute Gasteiger partial charge is 0.354 e. The molecule has 130 valence electrons. The van der Waals surface area contributed by atoms with Crippen LogP contribution in [0, 0.1) is 6.92 Å². The first-order valence-electron chi connectivity index (χ1n) is 7.44. The Balaban J connectivity index is 1.97. The van der Waals surface area contributed by atoms with Gasteiger partial charge in [0.2, 0.25) is 0 Å². The zero-order valence-electron chi connectivity index (χ0n) is 13.6. The summed E-state index contributed by atoms with van der Waals surface area (Å²) in [6.07, 6.45) is 0. The van der Waals surface area contributed by atoms with Crippen molar-refractivity contribution in [3.8, 4) is 0 Å². The van der Waals surface area contributed by atoms with Crippen molar-refractivity contribution in [1.82, 2.24) is 10.3 Å². The predicted molar refractivity (Wildman–Crippen MR) is 98.7 cm³/mol. The SMILES string of the molecule is CNC(=O)c1cc2cc(NS(=O)(=O)c3cccc(Cl)c3C)ccc2[nH]1. The number of benzene rings is 2. The molecular weight excluding hydrogens is 362 g/mol. The molecule has 0 saturated carbocycles. The van der Waals surface area contributed by atoms with Crippen LogP contribution in [-0.2, 0) is 10.0 Å². The lowest BCUT2D eigenvalue weighted by atomic mass is 10.2. The van der Waals surface area contributed by atoms with E-state index in [-0.39, 0.29) is 10.8 Å². The van der Waals surface area contributed by atoms with Crippen LogP contribution in [0.2, 0.25) is 5.02 Å². The zero-order valence-corrected chi connectivity index (χ0v) is 15.1. The Morgan fingerprint density at radius 1 is 1.16 bits per heavy atom. The highest BCUT2D eigenvalue weighted by molar-refractivity contribution is 7.92. The van der Waals surface area contributed by atoms with Crippen LogP contribution >= 0.6 is 11.6 Å². The van der Waals surface area contributed by atoms with Crippen LogP contribution in [0.5, 0.6) is 0 Å². The molecule has 3 N–H and O–H groups in total. The van der Waals surface area contributed by atoms with Gasteiger partial charge in [-0.3, -0.25) is 9.52 Å². The molecule has 25 heavy (non-hydrogen) atoms. The van der Waals surface area contributed by atoms with Crippen molar-refractivity contribution >= 4 is 44.1 Å². The number of aromatic amines is 1. The minimum absolute atomic E-state index is 0.125. The van der Waals surface area contributed by atoms with E-state index in [0.717, 1.165) is 10.9 Å². The number of sulfonamides is 1. The second kappa shape index (κ2) is 6.42. The van der Waals surface area contributed by atoms with E-state index in [1.807, 2.05) is 0 Å². The third-order valence-corrected chi connectivity index (χ3v) is 5.79. The van der Waals surface area contributed by atoms with E-state index in [2.05, 4.69) is 15.0 Å². The first-order valence-corrected chi connectivity index (χ1v) is 9.31. The smallest absolute Gasteiger partial charge is 0.267 e. The van der Waals surface area contributed by atoms with E-state index in [4.69, 9.17) is 11.6 Å². The number of hydrogen-bond donors (Lipinski definition) is 3. The summed E-state index contributed by atoms with van der Waals surface area (Å²) in [6.45, 7) is 1.65. The van der Waals surface area contributed by atoms with Crippen molar-refractivity contribution in [2.75, 3.05) is 11.8 Å². The lowest BCUT2D eigenvalue weighted by molar-refractivity contribution is 0.0959. The Morgan fingerprint density at radius 3 is 2.64 bits per heavy atom. The number of hydrogen-bond acceptors (Lipinski definition) is 3. The normalized spacial score (nSPS) is 11.5. The second-order valence-corrected chi connectivity index (χ2v) is 7.59. The van der Waals surface area contributed by atoms with Gasteiger partial charge in [0.25, 0.3) is 15.9 Å². The van der Waals surface area contributed by atoms with Crippen LogP contribution in [0.15, 0.2) is 47.4 Å². The Labute approximate surface area is 150 Å². The molecule has 1 heterocycles. The maximum absolute atomic E-state index is 12.6. The summed E-state index contributed by atoms with van der Waals surface area (Å²) >= 11 is 6.01. The average molecular weight is 378 g/mol. The van der Waals surface area contributed by atoms with E-state index in [1.54, 1.807) is 50.4 Å². The van der Waals surface area contributed by atoms with E-state index in [1.165, 1.54) is 6.07 Å². The van der Waals surface area contributed by atoms with E-state index >= 15 is 0 Å². The number of aromatic nitrogens is 1. The van der Waals surface area contributed by atoms with Crippen LogP contribution in [0.1, 0.15) is 16.1 Å². The summed E-state index contributed by atoms with van der Waals surface area (Å²) in [6, 6.07) is 11.4. The molecule has 0 aliphatic heterocycles. The molecule has 0 aliphatic rings. The minimum Gasteiger partial charge on any atom is -0.354 e. The summed E-state index contributed by atoms with van der Waals surface area (Å²) in [5.41, 5.74) is 2.03. The molecule has 2 aromatic carbocycles. The summed E-state index contributed by atoms with van der Waals surface area (Å²) < 4.78 is 27.8. The predicted octanol–water partition coefficient (Wildman–Crippen LogP) is 3.29. The first-order chi connectivity index (χ1) is 11.8. The molecular formula is C17H16ClN3O3S. The lowest BCUT2D eigenvalue weighted by Gasteiger charge is -2.11. The quantitative estimate of drug-likeness (QED) is 0.651. The van der Waals surface area contributed by atoms with Gasteiger partial charge >= 0.3 is 0 Å². The number of H-pyrrole nitrogens is 1. The van der Waals surface area contributed by atoms with Crippen LogP contribution in [-0.4, -0.2) is 26.4 Å². The Kier molecular flexibility index (Phi) is 4.45. The molecule has 6 nitrogen and oxygen atoms in total. The van der Waals surface area contributed by atoms with Crippen molar-refractivity contribution in [3.63, 3.8) is 0 Å². The molecule has 0 atom stereocenters. The van der Waals surface area contributed by atoms with Gasteiger partial charge in [0.1, 0.15) is 5.69 Å². The standard InChI is InChI=1S/C17H16ClN3O3S/c1-10-13(18)4-3-5-16(10)25(23,24)21-12-6-7-14-11(8-12)9-15(20-14)17(22)19-2/h3-9,20-21H,1-2H3,(H,19,22). The highest BCUT2D eigenvalue weighted by atomic mass is 35.5. The summed E-state index contributed by atoms with van der Waals surface area (Å²) in [4.78, 5) is 14.8. The van der Waals surface area contributed by atoms with Crippen molar-refractivity contribution < 1.29 is 13.2 Å². The molecule has 3 rings (SSSR count). The van der Waals surface area contributed by atoms with Gasteiger partial charge in [0, 0.05) is 28.7 Å². The highest BCUT2D eigenvalue weighted by Gasteiger charge is 2.18. The number of carbonyl (C=O) groups excluding carboxylic acids is 1. The Bertz CT molecular complexity index is 1070. The number of nitrogens with one attached hydrogen (secondary N) is 3. The van der Waals surface area contributed by atoms with Crippen molar-refractivity contribution in [1.29, 1.82) is 0 Å². The molecule has 0 spiro atoms. The molecule has 1 aromatic heterocycles. The number of carbonyl (C=O) groups is 1. The number of halogens is 1. The fourth-order valence-electron chi connectivity index (χ4n) is 2.54. The highest BCUT2D eigenvalue weighted by Crippen LogP contribution is 2.26. The molecule has 8 heteroatoms. The summed E-state index contributed by atoms with van der Waals surface area (Å²) in [5.74, 6) is -0.243. The molecule has 3 aromatic rings. The number of anilines is 1. The molecule has 0 aliphatic carbocycles. The number of amides is 1.